The van der Waals surface area contributed by atoms with Gasteiger partial charge in [0.05, 0.1) is 5.51 Å². The fourth-order valence-corrected chi connectivity index (χ4v) is 2.47. The summed E-state index contributed by atoms with van der Waals surface area (Å²) in [6.07, 6.45) is 11.5. The third-order valence-electron chi connectivity index (χ3n) is 2.80. The number of carboxylic acid groups (broad SMARTS) is 1. The first-order valence-corrected chi connectivity index (χ1v) is 7.26. The molecule has 17 heavy (non-hydrogen) atoms. The number of nitrogens with zero attached hydrogens (tertiary/aromatic N) is 1. The molecule has 0 aliphatic heterocycles. The van der Waals surface area contributed by atoms with Crippen LogP contribution in [0.3, 0.4) is 0 Å². The smallest absolute Gasteiger partial charge is 0.303 e. The van der Waals surface area contributed by atoms with Crippen LogP contribution < -0.4 is 0 Å². The van der Waals surface area contributed by atoms with Crippen LogP contribution in [0.1, 0.15) is 56.2 Å². The second kappa shape index (κ2) is 9.16. The van der Waals surface area contributed by atoms with Gasteiger partial charge in [-0.2, -0.15) is 0 Å². The maximum atomic E-state index is 10.3. The second-order valence-corrected chi connectivity index (χ2v) is 5.31. The van der Waals surface area contributed by atoms with Gasteiger partial charge >= 0.3 is 5.97 Å². The Bertz CT molecular complexity index is 298. The van der Waals surface area contributed by atoms with Gasteiger partial charge in [0.25, 0.3) is 0 Å². The zero-order chi connectivity index (χ0) is 12.3. The molecule has 0 atom stereocenters. The van der Waals surface area contributed by atoms with E-state index in [4.69, 9.17) is 5.11 Å². The highest BCUT2D eigenvalue weighted by atomic mass is 32.1. The molecule has 0 fully saturated rings. The number of hydrogen-bond acceptors (Lipinski definition) is 3. The number of carboxylic acids is 1. The molecule has 0 aromatic carbocycles. The van der Waals surface area contributed by atoms with E-state index < -0.39 is 5.97 Å². The first-order valence-electron chi connectivity index (χ1n) is 6.38. The normalized spacial score (nSPS) is 10.6. The SMILES string of the molecule is O=C(O)CCCCCCCCCc1cncs1. The minimum Gasteiger partial charge on any atom is -0.481 e. The van der Waals surface area contributed by atoms with Crippen molar-refractivity contribution in [3.05, 3.63) is 16.6 Å². The molecule has 1 aromatic heterocycles. The lowest BCUT2D eigenvalue weighted by Crippen LogP contribution is -1.93. The van der Waals surface area contributed by atoms with Crippen molar-refractivity contribution in [2.24, 2.45) is 0 Å². The molecule has 0 saturated heterocycles. The summed E-state index contributed by atoms with van der Waals surface area (Å²) in [6, 6.07) is 0. The molecule has 0 amide bonds. The van der Waals surface area contributed by atoms with Crippen molar-refractivity contribution in [1.29, 1.82) is 0 Å². The lowest BCUT2D eigenvalue weighted by molar-refractivity contribution is -0.137. The van der Waals surface area contributed by atoms with Crippen LogP contribution in [0, 0.1) is 0 Å². The Hall–Kier alpha value is -0.900. The first-order chi connectivity index (χ1) is 8.29. The number of unbranched alkanes of at least 4 members (excludes halogenated alkanes) is 6. The Labute approximate surface area is 107 Å². The summed E-state index contributed by atoms with van der Waals surface area (Å²) in [4.78, 5) is 15.7. The van der Waals surface area contributed by atoms with Crippen LogP contribution in [0.2, 0.25) is 0 Å². The molecule has 0 aliphatic carbocycles. The van der Waals surface area contributed by atoms with E-state index in [9.17, 15) is 4.79 Å². The quantitative estimate of drug-likeness (QED) is 0.645. The minimum atomic E-state index is -0.672. The van der Waals surface area contributed by atoms with E-state index in [1.807, 2.05) is 11.7 Å². The second-order valence-electron chi connectivity index (χ2n) is 4.34. The maximum Gasteiger partial charge on any atom is 0.303 e. The Morgan fingerprint density at radius 1 is 1.12 bits per heavy atom. The Morgan fingerprint density at radius 3 is 2.35 bits per heavy atom. The van der Waals surface area contributed by atoms with Crippen LogP contribution in [0.15, 0.2) is 11.7 Å². The molecule has 1 aromatic rings. The molecule has 0 unspecified atom stereocenters. The Kier molecular flexibility index (Phi) is 7.63. The van der Waals surface area contributed by atoms with E-state index >= 15 is 0 Å². The third-order valence-corrected chi connectivity index (χ3v) is 3.64. The first kappa shape index (κ1) is 14.2. The third kappa shape index (κ3) is 7.91. The summed E-state index contributed by atoms with van der Waals surface area (Å²) in [5.41, 5.74) is 1.89. The molecular weight excluding hydrogens is 234 g/mol. The van der Waals surface area contributed by atoms with Crippen LogP contribution >= 0.6 is 11.3 Å². The molecular formula is C13H21NO2S. The standard InChI is InChI=1S/C13H21NO2S/c15-13(16)9-7-5-3-1-2-4-6-8-12-10-14-11-17-12/h10-11H,1-9H2,(H,15,16). The number of aliphatic carboxylic acids is 1. The van der Waals surface area contributed by atoms with E-state index in [1.54, 1.807) is 11.3 Å². The largest absolute Gasteiger partial charge is 0.481 e. The zero-order valence-electron chi connectivity index (χ0n) is 10.2. The van der Waals surface area contributed by atoms with E-state index in [-0.39, 0.29) is 0 Å². The van der Waals surface area contributed by atoms with Gasteiger partial charge in [-0.15, -0.1) is 11.3 Å². The van der Waals surface area contributed by atoms with E-state index in [0.717, 1.165) is 19.3 Å². The highest BCUT2D eigenvalue weighted by Gasteiger charge is 1.97. The van der Waals surface area contributed by atoms with Gasteiger partial charge in [0.2, 0.25) is 0 Å². The summed E-state index contributed by atoms with van der Waals surface area (Å²) >= 11 is 1.73. The molecule has 96 valence electrons. The molecule has 4 heteroatoms. The number of rotatable bonds is 10. The predicted octanol–water partition coefficient (Wildman–Crippen LogP) is 3.89. The lowest BCUT2D eigenvalue weighted by Gasteiger charge is -2.00. The topological polar surface area (TPSA) is 50.2 Å². The number of aromatic nitrogens is 1. The fraction of sp³-hybridized carbons (Fsp3) is 0.692. The summed E-state index contributed by atoms with van der Waals surface area (Å²) in [6.45, 7) is 0. The van der Waals surface area contributed by atoms with E-state index in [0.29, 0.717) is 6.42 Å². The fourth-order valence-electron chi connectivity index (χ4n) is 1.82. The van der Waals surface area contributed by atoms with Crippen LogP contribution in [0.5, 0.6) is 0 Å². The average molecular weight is 255 g/mol. The van der Waals surface area contributed by atoms with Gasteiger partial charge in [-0.1, -0.05) is 32.1 Å². The van der Waals surface area contributed by atoms with Crippen LogP contribution in [-0.4, -0.2) is 16.1 Å². The van der Waals surface area contributed by atoms with Crippen molar-refractivity contribution >= 4 is 17.3 Å². The van der Waals surface area contributed by atoms with Crippen molar-refractivity contribution in [2.75, 3.05) is 0 Å². The van der Waals surface area contributed by atoms with E-state index in [2.05, 4.69) is 4.98 Å². The Balaban J connectivity index is 1.80. The minimum absolute atomic E-state index is 0.325. The summed E-state index contributed by atoms with van der Waals surface area (Å²) in [7, 11) is 0. The van der Waals surface area contributed by atoms with Crippen molar-refractivity contribution in [3.63, 3.8) is 0 Å². The number of thiazole rings is 1. The van der Waals surface area contributed by atoms with Crippen molar-refractivity contribution < 1.29 is 9.90 Å². The van der Waals surface area contributed by atoms with Crippen LogP contribution in [0.4, 0.5) is 0 Å². The van der Waals surface area contributed by atoms with Gasteiger partial charge in [0, 0.05) is 17.5 Å². The maximum absolute atomic E-state index is 10.3. The molecule has 0 bridgehead atoms. The summed E-state index contributed by atoms with van der Waals surface area (Å²) in [5, 5.41) is 8.47. The predicted molar refractivity (Wildman–Crippen MR) is 70.4 cm³/mol. The highest BCUT2D eigenvalue weighted by molar-refractivity contribution is 7.09. The van der Waals surface area contributed by atoms with Gasteiger partial charge in [0.15, 0.2) is 0 Å². The van der Waals surface area contributed by atoms with Gasteiger partial charge in [-0.3, -0.25) is 9.78 Å². The Morgan fingerprint density at radius 2 is 1.76 bits per heavy atom. The number of hydrogen-bond donors (Lipinski definition) is 1. The van der Waals surface area contributed by atoms with Gasteiger partial charge in [0.1, 0.15) is 0 Å². The molecule has 0 aliphatic rings. The molecule has 0 saturated carbocycles. The number of aryl methyl sites for hydroxylation is 1. The molecule has 0 spiro atoms. The molecule has 0 radical (unpaired) electrons. The highest BCUT2D eigenvalue weighted by Crippen LogP contribution is 2.13. The van der Waals surface area contributed by atoms with Gasteiger partial charge in [-0.25, -0.2) is 0 Å². The zero-order valence-corrected chi connectivity index (χ0v) is 11.0. The number of carbonyl (C=O) groups is 1. The van der Waals surface area contributed by atoms with Crippen molar-refractivity contribution in [3.8, 4) is 0 Å². The van der Waals surface area contributed by atoms with Crippen molar-refractivity contribution in [2.45, 2.75) is 57.8 Å². The van der Waals surface area contributed by atoms with Crippen LogP contribution in [0.25, 0.3) is 0 Å². The molecule has 1 N–H and O–H groups in total. The molecule has 3 nitrogen and oxygen atoms in total. The van der Waals surface area contributed by atoms with Gasteiger partial charge < -0.3 is 5.11 Å². The van der Waals surface area contributed by atoms with Crippen LogP contribution in [-0.2, 0) is 11.2 Å². The molecule has 1 rings (SSSR count). The van der Waals surface area contributed by atoms with Gasteiger partial charge in [-0.05, 0) is 19.3 Å². The monoisotopic (exact) mass is 255 g/mol. The lowest BCUT2D eigenvalue weighted by atomic mass is 10.1. The van der Waals surface area contributed by atoms with E-state index in [1.165, 1.54) is 37.0 Å². The summed E-state index contributed by atoms with van der Waals surface area (Å²) in [5.74, 6) is -0.672. The average Bonchev–Trinajstić information content (AvgIpc) is 2.79. The summed E-state index contributed by atoms with van der Waals surface area (Å²) < 4.78 is 0. The van der Waals surface area contributed by atoms with Crippen molar-refractivity contribution in [1.82, 2.24) is 4.98 Å². The molecule has 1 heterocycles.